The van der Waals surface area contributed by atoms with Crippen LogP contribution in [0.2, 0.25) is 0 Å². The zero-order chi connectivity index (χ0) is 14.3. The van der Waals surface area contributed by atoms with Crippen molar-refractivity contribution in [2.75, 3.05) is 7.11 Å². The van der Waals surface area contributed by atoms with Crippen LogP contribution in [0.3, 0.4) is 0 Å². The largest absolute Gasteiger partial charge is 0.493 e. The normalized spacial score (nSPS) is 10.9. The predicted octanol–water partition coefficient (Wildman–Crippen LogP) is 3.36. The van der Waals surface area contributed by atoms with Crippen molar-refractivity contribution in [3.05, 3.63) is 29.8 Å². The molecule has 0 radical (unpaired) electrons. The van der Waals surface area contributed by atoms with E-state index in [0.717, 1.165) is 24.5 Å². The van der Waals surface area contributed by atoms with E-state index in [-0.39, 0.29) is 6.10 Å². The number of hydrogen-bond donors (Lipinski definition) is 1. The van der Waals surface area contributed by atoms with Gasteiger partial charge in [0, 0.05) is 6.08 Å². The maximum Gasteiger partial charge on any atom is 0.328 e. The predicted molar refractivity (Wildman–Crippen MR) is 74.7 cm³/mol. The molecule has 0 heterocycles. The number of ether oxygens (including phenoxy) is 2. The highest BCUT2D eigenvalue weighted by molar-refractivity contribution is 5.85. The molecule has 0 amide bonds. The van der Waals surface area contributed by atoms with E-state index < -0.39 is 5.97 Å². The van der Waals surface area contributed by atoms with Gasteiger partial charge in [-0.25, -0.2) is 4.79 Å². The van der Waals surface area contributed by atoms with E-state index in [9.17, 15) is 4.79 Å². The Labute approximate surface area is 113 Å². The van der Waals surface area contributed by atoms with Crippen molar-refractivity contribution in [3.63, 3.8) is 0 Å². The summed E-state index contributed by atoms with van der Waals surface area (Å²) >= 11 is 0. The molecule has 0 aliphatic rings. The Balaban J connectivity index is 2.92. The highest BCUT2D eigenvalue weighted by atomic mass is 16.5. The molecule has 1 aromatic carbocycles. The van der Waals surface area contributed by atoms with Crippen LogP contribution in [0.5, 0.6) is 11.5 Å². The van der Waals surface area contributed by atoms with E-state index in [1.54, 1.807) is 25.3 Å². The van der Waals surface area contributed by atoms with Gasteiger partial charge in [-0.2, -0.15) is 0 Å². The van der Waals surface area contributed by atoms with E-state index in [4.69, 9.17) is 14.6 Å². The summed E-state index contributed by atoms with van der Waals surface area (Å²) in [4.78, 5) is 10.5. The Morgan fingerprint density at radius 3 is 2.53 bits per heavy atom. The van der Waals surface area contributed by atoms with Crippen molar-refractivity contribution in [2.24, 2.45) is 0 Å². The Morgan fingerprint density at radius 1 is 1.32 bits per heavy atom. The third kappa shape index (κ3) is 4.66. The van der Waals surface area contributed by atoms with Crippen LogP contribution in [0.4, 0.5) is 0 Å². The van der Waals surface area contributed by atoms with Gasteiger partial charge in [0.25, 0.3) is 0 Å². The number of methoxy groups -OCH3 is 1. The van der Waals surface area contributed by atoms with Gasteiger partial charge in [-0.05, 0) is 36.6 Å². The number of rotatable bonds is 7. The van der Waals surface area contributed by atoms with Crippen LogP contribution in [-0.2, 0) is 4.79 Å². The SMILES string of the molecule is CCC(CC)Oc1ccc(C=CC(=O)O)cc1OC. The summed E-state index contributed by atoms with van der Waals surface area (Å²) in [5, 5.41) is 8.60. The Kier molecular flexibility index (Phi) is 5.93. The van der Waals surface area contributed by atoms with Crippen LogP contribution in [0.15, 0.2) is 24.3 Å². The van der Waals surface area contributed by atoms with E-state index in [0.29, 0.717) is 11.5 Å². The monoisotopic (exact) mass is 264 g/mol. The van der Waals surface area contributed by atoms with Crippen molar-refractivity contribution < 1.29 is 19.4 Å². The summed E-state index contributed by atoms with van der Waals surface area (Å²) in [6.07, 6.45) is 4.64. The maximum absolute atomic E-state index is 10.5. The minimum Gasteiger partial charge on any atom is -0.493 e. The van der Waals surface area contributed by atoms with Crippen LogP contribution in [0, 0.1) is 0 Å². The van der Waals surface area contributed by atoms with Crippen molar-refractivity contribution in [3.8, 4) is 11.5 Å². The van der Waals surface area contributed by atoms with Gasteiger partial charge < -0.3 is 14.6 Å². The van der Waals surface area contributed by atoms with Crippen molar-refractivity contribution in [1.82, 2.24) is 0 Å². The topological polar surface area (TPSA) is 55.8 Å². The second kappa shape index (κ2) is 7.46. The molecule has 0 aliphatic carbocycles. The fourth-order valence-corrected chi connectivity index (χ4v) is 1.69. The quantitative estimate of drug-likeness (QED) is 0.767. The van der Waals surface area contributed by atoms with Crippen LogP contribution in [0.1, 0.15) is 32.3 Å². The maximum atomic E-state index is 10.5. The number of carboxylic acid groups (broad SMARTS) is 1. The van der Waals surface area contributed by atoms with E-state index in [1.165, 1.54) is 6.08 Å². The van der Waals surface area contributed by atoms with Gasteiger partial charge in [-0.15, -0.1) is 0 Å². The average Bonchev–Trinajstić information content (AvgIpc) is 2.42. The molecule has 0 fully saturated rings. The number of carbonyl (C=O) groups is 1. The number of aliphatic carboxylic acids is 1. The molecule has 1 rings (SSSR count). The molecule has 1 aromatic rings. The molecule has 0 saturated heterocycles. The minimum atomic E-state index is -0.976. The molecule has 0 aliphatic heterocycles. The summed E-state index contributed by atoms with van der Waals surface area (Å²) in [5.74, 6) is 0.319. The van der Waals surface area contributed by atoms with Gasteiger partial charge in [-0.1, -0.05) is 19.9 Å². The highest BCUT2D eigenvalue weighted by Crippen LogP contribution is 2.30. The lowest BCUT2D eigenvalue weighted by Crippen LogP contribution is -2.14. The molecule has 0 spiro atoms. The summed E-state index contributed by atoms with van der Waals surface area (Å²) in [6, 6.07) is 5.37. The van der Waals surface area contributed by atoms with E-state index >= 15 is 0 Å². The van der Waals surface area contributed by atoms with Crippen molar-refractivity contribution in [1.29, 1.82) is 0 Å². The molecule has 0 bridgehead atoms. The van der Waals surface area contributed by atoms with Gasteiger partial charge >= 0.3 is 5.97 Å². The molecule has 0 saturated carbocycles. The van der Waals surface area contributed by atoms with Crippen LogP contribution in [-0.4, -0.2) is 24.3 Å². The van der Waals surface area contributed by atoms with Crippen LogP contribution in [0.25, 0.3) is 6.08 Å². The standard InChI is InChI=1S/C15H20O4/c1-4-12(5-2)19-13-8-6-11(7-9-15(16)17)10-14(13)18-3/h6-10,12H,4-5H2,1-3H3,(H,16,17). The van der Waals surface area contributed by atoms with Gasteiger partial charge in [0.05, 0.1) is 13.2 Å². The van der Waals surface area contributed by atoms with E-state index in [1.807, 2.05) is 0 Å². The first-order chi connectivity index (χ1) is 9.10. The molecule has 4 heteroatoms. The summed E-state index contributed by atoms with van der Waals surface area (Å²) in [6.45, 7) is 4.15. The van der Waals surface area contributed by atoms with Gasteiger partial charge in [0.1, 0.15) is 0 Å². The lowest BCUT2D eigenvalue weighted by atomic mass is 10.1. The lowest BCUT2D eigenvalue weighted by Gasteiger charge is -2.18. The zero-order valence-electron chi connectivity index (χ0n) is 11.6. The third-order valence-electron chi connectivity index (χ3n) is 2.81. The fraction of sp³-hybridized carbons (Fsp3) is 0.400. The fourth-order valence-electron chi connectivity index (χ4n) is 1.69. The highest BCUT2D eigenvalue weighted by Gasteiger charge is 2.10. The molecular weight excluding hydrogens is 244 g/mol. The molecule has 4 nitrogen and oxygen atoms in total. The number of hydrogen-bond acceptors (Lipinski definition) is 3. The minimum absolute atomic E-state index is 0.161. The van der Waals surface area contributed by atoms with Crippen LogP contribution >= 0.6 is 0 Å². The van der Waals surface area contributed by atoms with Gasteiger partial charge in [0.2, 0.25) is 0 Å². The molecule has 0 aromatic heterocycles. The van der Waals surface area contributed by atoms with Crippen molar-refractivity contribution in [2.45, 2.75) is 32.8 Å². The summed E-state index contributed by atoms with van der Waals surface area (Å²) < 4.78 is 11.1. The molecule has 1 N–H and O–H groups in total. The van der Waals surface area contributed by atoms with Crippen molar-refractivity contribution >= 4 is 12.0 Å². The smallest absolute Gasteiger partial charge is 0.328 e. The Morgan fingerprint density at radius 2 is 2.00 bits per heavy atom. The lowest BCUT2D eigenvalue weighted by molar-refractivity contribution is -0.131. The first-order valence-electron chi connectivity index (χ1n) is 6.36. The average molecular weight is 264 g/mol. The van der Waals surface area contributed by atoms with Crippen LogP contribution < -0.4 is 9.47 Å². The molecule has 0 unspecified atom stereocenters. The first-order valence-corrected chi connectivity index (χ1v) is 6.36. The van der Waals surface area contributed by atoms with Gasteiger partial charge in [-0.3, -0.25) is 0 Å². The first kappa shape index (κ1) is 15.1. The molecule has 104 valence electrons. The zero-order valence-corrected chi connectivity index (χ0v) is 11.6. The number of benzene rings is 1. The Hall–Kier alpha value is -1.97. The third-order valence-corrected chi connectivity index (χ3v) is 2.81. The number of carboxylic acids is 1. The second-order valence-electron chi connectivity index (χ2n) is 4.14. The van der Waals surface area contributed by atoms with E-state index in [2.05, 4.69) is 13.8 Å². The molecule has 19 heavy (non-hydrogen) atoms. The molecule has 0 atom stereocenters. The molecular formula is C15H20O4. The summed E-state index contributed by atoms with van der Waals surface area (Å²) in [5.41, 5.74) is 0.760. The second-order valence-corrected chi connectivity index (χ2v) is 4.14. The Bertz CT molecular complexity index is 447. The van der Waals surface area contributed by atoms with Gasteiger partial charge in [0.15, 0.2) is 11.5 Å². The summed E-state index contributed by atoms with van der Waals surface area (Å²) in [7, 11) is 1.57.